The Labute approximate surface area is 222 Å². The second-order valence-corrected chi connectivity index (χ2v) is 10.6. The Morgan fingerprint density at radius 3 is 1.76 bits per heavy atom. The summed E-state index contributed by atoms with van der Waals surface area (Å²) < 4.78 is 53.3. The molecular weight excluding hydrogens is 524 g/mol. The Morgan fingerprint density at radius 2 is 1.30 bits per heavy atom. The van der Waals surface area contributed by atoms with Gasteiger partial charge in [0, 0.05) is 14.1 Å². The molecule has 0 spiro atoms. The van der Waals surface area contributed by atoms with E-state index in [9.17, 15) is 18.0 Å². The fraction of sp³-hybridized carbons (Fsp3) is 0.417. The Kier molecular flexibility index (Phi) is 12.1. The third-order valence-corrected chi connectivity index (χ3v) is 6.51. The summed E-state index contributed by atoms with van der Waals surface area (Å²) in [6, 6.07) is 13.6. The summed E-state index contributed by atoms with van der Waals surface area (Å²) in [5, 5.41) is 0. The zero-order valence-corrected chi connectivity index (χ0v) is 23.2. The number of benzene rings is 2. The molecule has 0 radical (unpaired) electrons. The van der Waals surface area contributed by atoms with E-state index in [4.69, 9.17) is 22.6 Å². The van der Waals surface area contributed by atoms with Gasteiger partial charge >= 0.3 is 12.2 Å². The van der Waals surface area contributed by atoms with E-state index in [-0.39, 0.29) is 30.8 Å². The molecule has 0 aliphatic rings. The highest BCUT2D eigenvalue weighted by molar-refractivity contribution is 7.78. The largest absolute Gasteiger partial charge is 0.428 e. The molecule has 11 nitrogen and oxygen atoms in total. The first-order valence-corrected chi connectivity index (χ1v) is 13.3. The van der Waals surface area contributed by atoms with Crippen LogP contribution < -0.4 is 9.47 Å². The minimum Gasteiger partial charge on any atom is -0.409 e. The average Bonchev–Trinajstić information content (AvgIpc) is 2.84. The van der Waals surface area contributed by atoms with Gasteiger partial charge in [0.15, 0.2) is 0 Å². The van der Waals surface area contributed by atoms with Crippen molar-refractivity contribution in [2.45, 2.75) is 39.9 Å². The first-order valence-electron chi connectivity index (χ1n) is 11.3. The van der Waals surface area contributed by atoms with Gasteiger partial charge in [-0.05, 0) is 63.1 Å². The quantitative estimate of drug-likeness (QED) is 0.384. The minimum atomic E-state index is -2.29. The zero-order chi connectivity index (χ0) is 27.5. The topological polar surface area (TPSA) is 121 Å². The van der Waals surface area contributed by atoms with Gasteiger partial charge in [0.2, 0.25) is 0 Å². The monoisotopic (exact) mass is 556 g/mol. The van der Waals surface area contributed by atoms with Crippen molar-refractivity contribution in [2.75, 3.05) is 27.3 Å². The van der Waals surface area contributed by atoms with Crippen molar-refractivity contribution < 1.29 is 40.6 Å². The summed E-state index contributed by atoms with van der Waals surface area (Å²) in [7, 11) is 2.48. The van der Waals surface area contributed by atoms with Crippen molar-refractivity contribution in [3.8, 4) is 11.5 Å². The molecule has 0 saturated carbocycles. The SMILES string of the molecule is Cc1cccc(OC(=O)N(C)S(=O)OCC(COC(C)C)OS(=O)N(C)C(=O)Oc2cccc(C)c2)c1. The van der Waals surface area contributed by atoms with Crippen LogP contribution in [0, 0.1) is 13.8 Å². The Balaban J connectivity index is 1.94. The van der Waals surface area contributed by atoms with Gasteiger partial charge in [0.25, 0.3) is 22.5 Å². The maximum Gasteiger partial charge on any atom is 0.428 e. The lowest BCUT2D eigenvalue weighted by atomic mass is 10.2. The molecule has 2 aromatic rings. The van der Waals surface area contributed by atoms with Crippen molar-refractivity contribution in [3.63, 3.8) is 0 Å². The van der Waals surface area contributed by atoms with Crippen molar-refractivity contribution in [3.05, 3.63) is 59.7 Å². The van der Waals surface area contributed by atoms with Crippen molar-refractivity contribution in [1.29, 1.82) is 0 Å². The van der Waals surface area contributed by atoms with E-state index in [1.807, 2.05) is 26.0 Å². The number of hydrogen-bond acceptors (Lipinski definition) is 9. The van der Waals surface area contributed by atoms with Gasteiger partial charge in [-0.1, -0.05) is 24.3 Å². The lowest BCUT2D eigenvalue weighted by Crippen LogP contribution is -2.38. The summed E-state index contributed by atoms with van der Waals surface area (Å²) in [5.74, 6) is 0.573. The summed E-state index contributed by atoms with van der Waals surface area (Å²) in [6.45, 7) is 6.80. The number of carbonyl (C=O) groups is 2. The number of hydrogen-bond donors (Lipinski definition) is 0. The molecule has 0 bridgehead atoms. The predicted octanol–water partition coefficient (Wildman–Crippen LogP) is 3.85. The lowest BCUT2D eigenvalue weighted by molar-refractivity contribution is 0.00344. The average molecular weight is 557 g/mol. The van der Waals surface area contributed by atoms with Crippen LogP contribution in [0.25, 0.3) is 0 Å². The van der Waals surface area contributed by atoms with Crippen LogP contribution >= 0.6 is 0 Å². The molecule has 0 N–H and O–H groups in total. The highest BCUT2D eigenvalue weighted by Crippen LogP contribution is 2.16. The summed E-state index contributed by atoms with van der Waals surface area (Å²) in [6.07, 6.45) is -3.00. The fourth-order valence-corrected chi connectivity index (χ4v) is 3.82. The number of nitrogens with zero attached hydrogens (tertiary/aromatic N) is 2. The van der Waals surface area contributed by atoms with Gasteiger partial charge < -0.3 is 14.2 Å². The van der Waals surface area contributed by atoms with E-state index in [0.29, 0.717) is 0 Å². The second-order valence-electron chi connectivity index (χ2n) is 8.18. The zero-order valence-electron chi connectivity index (χ0n) is 21.6. The third-order valence-electron chi connectivity index (χ3n) is 4.54. The molecule has 2 rings (SSSR count). The van der Waals surface area contributed by atoms with Crippen molar-refractivity contribution >= 4 is 34.7 Å². The van der Waals surface area contributed by atoms with E-state index in [1.54, 1.807) is 50.2 Å². The van der Waals surface area contributed by atoms with Crippen LogP contribution in [-0.4, -0.2) is 68.7 Å². The Hall–Kier alpha value is -2.84. The number of amides is 2. The van der Waals surface area contributed by atoms with Crippen molar-refractivity contribution in [1.82, 2.24) is 8.61 Å². The maximum absolute atomic E-state index is 12.7. The highest BCUT2D eigenvalue weighted by Gasteiger charge is 2.26. The molecular formula is C24H32N2O9S2. The van der Waals surface area contributed by atoms with Crippen molar-refractivity contribution in [2.24, 2.45) is 0 Å². The molecule has 0 aliphatic heterocycles. The van der Waals surface area contributed by atoms with Crippen LogP contribution in [-0.2, 0) is 35.6 Å². The first-order chi connectivity index (χ1) is 17.5. The van der Waals surface area contributed by atoms with Gasteiger partial charge in [0.1, 0.15) is 17.6 Å². The number of aryl methyl sites for hydroxylation is 2. The maximum atomic E-state index is 12.7. The first kappa shape index (κ1) is 30.4. The molecule has 13 heteroatoms. The standard InChI is InChI=1S/C24H32N2O9S2/c1-17(2)31-15-22(35-37(30)26(6)24(28)34-21-12-8-10-19(4)14-21)16-32-36(29)25(5)23(27)33-20-11-7-9-18(3)13-20/h7-14,17,22H,15-16H2,1-6H3. The molecule has 204 valence electrons. The van der Waals surface area contributed by atoms with E-state index in [1.165, 1.54) is 14.1 Å². The molecule has 0 aromatic heterocycles. The van der Waals surface area contributed by atoms with E-state index < -0.39 is 40.8 Å². The summed E-state index contributed by atoms with van der Waals surface area (Å²) >= 11 is -4.54. The molecule has 0 fully saturated rings. The fourth-order valence-electron chi connectivity index (χ4n) is 2.61. The molecule has 2 amide bonds. The molecule has 3 unspecified atom stereocenters. The van der Waals surface area contributed by atoms with Crippen LogP contribution in [0.3, 0.4) is 0 Å². The third kappa shape index (κ3) is 10.6. The lowest BCUT2D eigenvalue weighted by Gasteiger charge is -2.22. The van der Waals surface area contributed by atoms with Gasteiger partial charge in [-0.2, -0.15) is 0 Å². The second kappa shape index (κ2) is 14.8. The van der Waals surface area contributed by atoms with Crippen LogP contribution in [0.1, 0.15) is 25.0 Å². The van der Waals surface area contributed by atoms with Crippen LogP contribution in [0.4, 0.5) is 9.59 Å². The van der Waals surface area contributed by atoms with Gasteiger partial charge in [-0.3, -0.25) is 8.37 Å². The number of ether oxygens (including phenoxy) is 3. The molecule has 37 heavy (non-hydrogen) atoms. The van der Waals surface area contributed by atoms with Crippen LogP contribution in [0.15, 0.2) is 48.5 Å². The minimum absolute atomic E-state index is 0.0845. The van der Waals surface area contributed by atoms with E-state index >= 15 is 0 Å². The highest BCUT2D eigenvalue weighted by atomic mass is 32.2. The summed E-state index contributed by atoms with van der Waals surface area (Å²) in [4.78, 5) is 24.7. The molecule has 2 aromatic carbocycles. The predicted molar refractivity (Wildman–Crippen MR) is 138 cm³/mol. The molecule has 0 aliphatic carbocycles. The van der Waals surface area contributed by atoms with E-state index in [2.05, 4.69) is 0 Å². The Morgan fingerprint density at radius 1 is 0.811 bits per heavy atom. The Bertz CT molecular complexity index is 1110. The van der Waals surface area contributed by atoms with Gasteiger partial charge in [-0.15, -0.1) is 0 Å². The van der Waals surface area contributed by atoms with Gasteiger partial charge in [0.05, 0.1) is 19.3 Å². The number of rotatable bonds is 12. The summed E-state index contributed by atoms with van der Waals surface area (Å²) in [5.41, 5.74) is 1.77. The van der Waals surface area contributed by atoms with E-state index in [0.717, 1.165) is 19.7 Å². The number of carbonyl (C=O) groups excluding carboxylic acids is 2. The van der Waals surface area contributed by atoms with Gasteiger partial charge in [-0.25, -0.2) is 26.6 Å². The van der Waals surface area contributed by atoms with Crippen LogP contribution in [0.2, 0.25) is 0 Å². The molecule has 0 heterocycles. The smallest absolute Gasteiger partial charge is 0.409 e. The normalized spacial score (nSPS) is 13.5. The molecule has 3 atom stereocenters. The molecule has 0 saturated heterocycles. The van der Waals surface area contributed by atoms with Crippen LogP contribution in [0.5, 0.6) is 11.5 Å².